The van der Waals surface area contributed by atoms with Gasteiger partial charge in [0.05, 0.1) is 6.61 Å². The van der Waals surface area contributed by atoms with Gasteiger partial charge in [0.2, 0.25) is 0 Å². The van der Waals surface area contributed by atoms with E-state index in [1.807, 2.05) is 0 Å². The molecule has 0 heterocycles. The van der Waals surface area contributed by atoms with Gasteiger partial charge in [0.15, 0.2) is 11.5 Å². The fourth-order valence-corrected chi connectivity index (χ4v) is 1.17. The summed E-state index contributed by atoms with van der Waals surface area (Å²) in [6, 6.07) is 3.52. The zero-order valence-electron chi connectivity index (χ0n) is 8.95. The van der Waals surface area contributed by atoms with Gasteiger partial charge in [-0.2, -0.15) is 0 Å². The molecule has 1 aromatic rings. The highest BCUT2D eigenvalue weighted by atomic mass is 19.3. The van der Waals surface area contributed by atoms with E-state index in [2.05, 4.69) is 0 Å². The van der Waals surface area contributed by atoms with Crippen LogP contribution in [0.25, 0.3) is 0 Å². The number of ether oxygens (including phenoxy) is 2. The van der Waals surface area contributed by atoms with E-state index in [1.54, 1.807) is 7.11 Å². The van der Waals surface area contributed by atoms with E-state index in [1.165, 1.54) is 12.1 Å². The molecule has 0 fully saturated rings. The van der Waals surface area contributed by atoms with Crippen LogP contribution in [0.3, 0.4) is 0 Å². The summed E-state index contributed by atoms with van der Waals surface area (Å²) in [7, 11) is 1.56. The van der Waals surface area contributed by atoms with E-state index in [0.29, 0.717) is 19.6 Å². The van der Waals surface area contributed by atoms with Crippen molar-refractivity contribution in [2.75, 3.05) is 20.3 Å². The Bertz CT molecular complexity index is 329. The SMILES string of the molecule is COCCCOc1cc(C(F)F)ccc1O. The average Bonchev–Trinajstić information content (AvgIpc) is 2.26. The molecular weight excluding hydrogens is 218 g/mol. The van der Waals surface area contributed by atoms with Crippen molar-refractivity contribution in [1.82, 2.24) is 0 Å². The molecule has 1 rings (SSSR count). The first-order valence-corrected chi connectivity index (χ1v) is 4.88. The van der Waals surface area contributed by atoms with Crippen LogP contribution in [0.4, 0.5) is 8.78 Å². The van der Waals surface area contributed by atoms with E-state index in [-0.39, 0.29) is 17.1 Å². The molecule has 0 saturated heterocycles. The van der Waals surface area contributed by atoms with Crippen molar-refractivity contribution < 1.29 is 23.4 Å². The molecule has 0 amide bonds. The van der Waals surface area contributed by atoms with Gasteiger partial charge in [0.1, 0.15) is 0 Å². The first-order chi connectivity index (χ1) is 7.65. The van der Waals surface area contributed by atoms with Crippen LogP contribution in [0.2, 0.25) is 0 Å². The Hall–Kier alpha value is -1.36. The number of methoxy groups -OCH3 is 1. The van der Waals surface area contributed by atoms with Gasteiger partial charge < -0.3 is 14.6 Å². The molecular formula is C11H14F2O3. The highest BCUT2D eigenvalue weighted by Gasteiger charge is 2.10. The number of phenolic OH excluding ortho intramolecular Hbond substituents is 1. The molecule has 0 bridgehead atoms. The second-order valence-corrected chi connectivity index (χ2v) is 3.22. The minimum atomic E-state index is -2.57. The van der Waals surface area contributed by atoms with Gasteiger partial charge in [-0.3, -0.25) is 0 Å². The van der Waals surface area contributed by atoms with Crippen molar-refractivity contribution in [3.05, 3.63) is 23.8 Å². The van der Waals surface area contributed by atoms with Gasteiger partial charge >= 0.3 is 0 Å². The van der Waals surface area contributed by atoms with Crippen LogP contribution in [-0.4, -0.2) is 25.4 Å². The number of hydrogen-bond acceptors (Lipinski definition) is 3. The van der Waals surface area contributed by atoms with E-state index < -0.39 is 6.43 Å². The molecule has 16 heavy (non-hydrogen) atoms. The summed E-state index contributed by atoms with van der Waals surface area (Å²) in [5.74, 6) is -0.0595. The highest BCUT2D eigenvalue weighted by molar-refractivity contribution is 5.42. The van der Waals surface area contributed by atoms with Gasteiger partial charge in [-0.05, 0) is 18.2 Å². The Morgan fingerprint density at radius 2 is 2.06 bits per heavy atom. The summed E-state index contributed by atoms with van der Waals surface area (Å²) >= 11 is 0. The maximum Gasteiger partial charge on any atom is 0.263 e. The monoisotopic (exact) mass is 232 g/mol. The minimum Gasteiger partial charge on any atom is -0.504 e. The van der Waals surface area contributed by atoms with Gasteiger partial charge in [0, 0.05) is 25.7 Å². The van der Waals surface area contributed by atoms with Gasteiger partial charge in [0.25, 0.3) is 6.43 Å². The minimum absolute atomic E-state index is 0.0777. The summed E-state index contributed by atoms with van der Waals surface area (Å²) in [5, 5.41) is 9.37. The Morgan fingerprint density at radius 1 is 1.31 bits per heavy atom. The normalized spacial score (nSPS) is 10.8. The summed E-state index contributed by atoms with van der Waals surface area (Å²) in [4.78, 5) is 0. The molecule has 0 aliphatic carbocycles. The van der Waals surface area contributed by atoms with Crippen molar-refractivity contribution >= 4 is 0 Å². The summed E-state index contributed by atoms with van der Waals surface area (Å²) < 4.78 is 34.7. The average molecular weight is 232 g/mol. The van der Waals surface area contributed by atoms with Crippen LogP contribution in [0.1, 0.15) is 18.4 Å². The Kier molecular flexibility index (Phi) is 4.98. The molecule has 0 unspecified atom stereocenters. The first kappa shape index (κ1) is 12.7. The molecule has 1 N–H and O–H groups in total. The van der Waals surface area contributed by atoms with E-state index >= 15 is 0 Å². The third-order valence-corrected chi connectivity index (χ3v) is 1.99. The number of aromatic hydroxyl groups is 1. The number of hydrogen-bond donors (Lipinski definition) is 1. The van der Waals surface area contributed by atoms with E-state index in [9.17, 15) is 13.9 Å². The van der Waals surface area contributed by atoms with Crippen molar-refractivity contribution in [3.63, 3.8) is 0 Å². The molecule has 1 aromatic carbocycles. The fourth-order valence-electron chi connectivity index (χ4n) is 1.17. The largest absolute Gasteiger partial charge is 0.504 e. The molecule has 0 saturated carbocycles. The fraction of sp³-hybridized carbons (Fsp3) is 0.455. The van der Waals surface area contributed by atoms with Gasteiger partial charge in [-0.25, -0.2) is 8.78 Å². The van der Waals surface area contributed by atoms with E-state index in [0.717, 1.165) is 6.07 Å². The Labute approximate surface area is 92.6 Å². The predicted molar refractivity (Wildman–Crippen MR) is 55.1 cm³/mol. The number of alkyl halides is 2. The zero-order chi connectivity index (χ0) is 12.0. The third-order valence-electron chi connectivity index (χ3n) is 1.99. The lowest BCUT2D eigenvalue weighted by molar-refractivity contribution is 0.150. The van der Waals surface area contributed by atoms with Crippen molar-refractivity contribution in [2.45, 2.75) is 12.8 Å². The molecule has 0 spiro atoms. The highest BCUT2D eigenvalue weighted by Crippen LogP contribution is 2.30. The lowest BCUT2D eigenvalue weighted by Crippen LogP contribution is -2.01. The Morgan fingerprint density at radius 3 is 2.69 bits per heavy atom. The maximum atomic E-state index is 12.4. The molecule has 5 heteroatoms. The molecule has 0 radical (unpaired) electrons. The van der Waals surface area contributed by atoms with Crippen LogP contribution in [0, 0.1) is 0 Å². The van der Waals surface area contributed by atoms with Gasteiger partial charge in [-0.15, -0.1) is 0 Å². The van der Waals surface area contributed by atoms with Crippen LogP contribution in [-0.2, 0) is 4.74 Å². The van der Waals surface area contributed by atoms with Crippen LogP contribution < -0.4 is 4.74 Å². The molecule has 0 aromatic heterocycles. The Balaban J connectivity index is 2.60. The maximum absolute atomic E-state index is 12.4. The summed E-state index contributed by atoms with van der Waals surface area (Å²) in [6.07, 6.45) is -1.93. The topological polar surface area (TPSA) is 38.7 Å². The number of rotatable bonds is 6. The predicted octanol–water partition coefficient (Wildman–Crippen LogP) is 2.75. The molecule has 3 nitrogen and oxygen atoms in total. The van der Waals surface area contributed by atoms with Crippen LogP contribution >= 0.6 is 0 Å². The lowest BCUT2D eigenvalue weighted by atomic mass is 10.2. The number of halogens is 2. The van der Waals surface area contributed by atoms with Crippen LogP contribution in [0.5, 0.6) is 11.5 Å². The van der Waals surface area contributed by atoms with E-state index in [4.69, 9.17) is 9.47 Å². The summed E-state index contributed by atoms with van der Waals surface area (Å²) in [5.41, 5.74) is -0.167. The molecule has 0 aliphatic rings. The standard InChI is InChI=1S/C11H14F2O3/c1-15-5-2-6-16-10-7-8(11(12)13)3-4-9(10)14/h3-4,7,11,14H,2,5-6H2,1H3. The van der Waals surface area contributed by atoms with Crippen molar-refractivity contribution in [2.24, 2.45) is 0 Å². The molecule has 90 valence electrons. The third kappa shape index (κ3) is 3.66. The second kappa shape index (κ2) is 6.27. The zero-order valence-corrected chi connectivity index (χ0v) is 8.95. The molecule has 0 aliphatic heterocycles. The van der Waals surface area contributed by atoms with Crippen LogP contribution in [0.15, 0.2) is 18.2 Å². The lowest BCUT2D eigenvalue weighted by Gasteiger charge is -2.09. The van der Waals surface area contributed by atoms with Crippen molar-refractivity contribution in [1.29, 1.82) is 0 Å². The smallest absolute Gasteiger partial charge is 0.263 e. The van der Waals surface area contributed by atoms with Gasteiger partial charge in [-0.1, -0.05) is 0 Å². The van der Waals surface area contributed by atoms with Crippen molar-refractivity contribution in [3.8, 4) is 11.5 Å². The molecule has 0 atom stereocenters. The number of benzene rings is 1. The second-order valence-electron chi connectivity index (χ2n) is 3.22. The quantitative estimate of drug-likeness (QED) is 0.766. The number of phenols is 1. The first-order valence-electron chi connectivity index (χ1n) is 4.88. The summed E-state index contributed by atoms with van der Waals surface area (Å²) in [6.45, 7) is 0.837.